The van der Waals surface area contributed by atoms with Gasteiger partial charge in [0.25, 0.3) is 0 Å². The Morgan fingerprint density at radius 2 is 1.22 bits per heavy atom. The molecule has 5 fully saturated rings. The number of fused-ring (bicyclic) bond motifs is 3. The van der Waals surface area contributed by atoms with Gasteiger partial charge in [-0.15, -0.1) is 0 Å². The van der Waals surface area contributed by atoms with Crippen LogP contribution in [0.3, 0.4) is 0 Å². The van der Waals surface area contributed by atoms with Gasteiger partial charge in [-0.2, -0.15) is 0 Å². The highest BCUT2D eigenvalue weighted by molar-refractivity contribution is 5.91. The summed E-state index contributed by atoms with van der Waals surface area (Å²) in [6.45, 7) is 7.74. The number of carbonyl (C=O) groups excluding carboxylic acids is 3. The number of hydrogen-bond donors (Lipinski definition) is 5. The summed E-state index contributed by atoms with van der Waals surface area (Å²) >= 11 is 0. The SMILES string of the molecule is COC(=O)NC(C(=O)N1[C@@H]2C[C@H]2C[C@H]1c1ncc(-c2ccc3cc(-c4ccc(-c5cnc([C@@H]6C[C@H]7C[C@H]7N6C(=O)[C@@H](NC(=O)O)C(C)C)[nH]5)cc4)ccc3c2)[nH]1)C1C[C@@H](C)O[C@@H](C)C1. The number of methoxy groups -OCH3 is 1. The number of likely N-dealkylation sites (tertiary alicyclic amines) is 2. The third-order valence-electron chi connectivity index (χ3n) is 14.4. The number of carboxylic acid groups (broad SMARTS) is 1. The molecule has 3 aliphatic heterocycles. The maximum Gasteiger partial charge on any atom is 0.407 e. The van der Waals surface area contributed by atoms with Crippen molar-refractivity contribution in [1.82, 2.24) is 40.4 Å². The average Bonchev–Trinajstić information content (AvgIpc) is 3.86. The molecule has 10 rings (SSSR count). The molecule has 2 saturated carbocycles. The smallest absolute Gasteiger partial charge is 0.407 e. The fourth-order valence-corrected chi connectivity index (χ4v) is 11.0. The predicted molar refractivity (Wildman–Crippen MR) is 239 cm³/mol. The molecule has 0 radical (unpaired) electrons. The van der Waals surface area contributed by atoms with E-state index < -0.39 is 24.3 Å². The van der Waals surface area contributed by atoms with E-state index in [-0.39, 0.29) is 60.0 Å². The Morgan fingerprint density at radius 1 is 0.703 bits per heavy atom. The molecule has 334 valence electrons. The van der Waals surface area contributed by atoms with Crippen LogP contribution >= 0.6 is 0 Å². The van der Waals surface area contributed by atoms with Crippen LogP contribution in [0.2, 0.25) is 0 Å². The number of piperidine rings is 2. The Balaban J connectivity index is 0.824. The third-order valence-corrected chi connectivity index (χ3v) is 14.4. The van der Waals surface area contributed by atoms with E-state index in [2.05, 4.69) is 81.3 Å². The monoisotopic (exact) mass is 868 g/mol. The maximum atomic E-state index is 14.4. The quantitative estimate of drug-likeness (QED) is 0.0879. The molecule has 3 saturated heterocycles. The molecule has 2 aromatic heterocycles. The molecule has 11 atom stereocenters. The van der Waals surface area contributed by atoms with Crippen LogP contribution in [-0.2, 0) is 19.1 Å². The maximum absolute atomic E-state index is 14.4. The molecule has 0 spiro atoms. The van der Waals surface area contributed by atoms with E-state index in [1.165, 1.54) is 7.11 Å². The summed E-state index contributed by atoms with van der Waals surface area (Å²) < 4.78 is 10.9. The molecule has 5 aliphatic rings. The zero-order chi connectivity index (χ0) is 44.6. The first-order chi connectivity index (χ1) is 30.8. The van der Waals surface area contributed by atoms with E-state index in [9.17, 15) is 24.3 Å². The van der Waals surface area contributed by atoms with Gasteiger partial charge in [0.05, 0.1) is 55.2 Å². The molecule has 5 heterocycles. The van der Waals surface area contributed by atoms with Gasteiger partial charge in [0, 0.05) is 17.6 Å². The van der Waals surface area contributed by atoms with Crippen molar-refractivity contribution in [3.05, 3.63) is 84.7 Å². The average molecular weight is 869 g/mol. The Hall–Kier alpha value is -6.22. The number of benzene rings is 3. The first-order valence-corrected chi connectivity index (χ1v) is 22.7. The summed E-state index contributed by atoms with van der Waals surface area (Å²) in [5.74, 6) is 1.79. The summed E-state index contributed by atoms with van der Waals surface area (Å²) in [6.07, 6.45) is 6.73. The number of amides is 4. The number of hydrogen-bond acceptors (Lipinski definition) is 8. The minimum Gasteiger partial charge on any atom is -0.465 e. The molecule has 15 heteroatoms. The van der Waals surface area contributed by atoms with Crippen molar-refractivity contribution in [3.8, 4) is 33.6 Å². The summed E-state index contributed by atoms with van der Waals surface area (Å²) in [5.41, 5.74) is 5.87. The fourth-order valence-electron chi connectivity index (χ4n) is 11.0. The first-order valence-electron chi connectivity index (χ1n) is 22.7. The number of ether oxygens (including phenoxy) is 2. The Labute approximate surface area is 371 Å². The fraction of sp³-hybridized carbons (Fsp3) is 0.469. The van der Waals surface area contributed by atoms with Gasteiger partial charge >= 0.3 is 12.2 Å². The van der Waals surface area contributed by atoms with Crippen LogP contribution < -0.4 is 10.6 Å². The van der Waals surface area contributed by atoms with Crippen LogP contribution in [0.5, 0.6) is 0 Å². The van der Waals surface area contributed by atoms with Gasteiger partial charge in [0.2, 0.25) is 11.8 Å². The zero-order valence-electron chi connectivity index (χ0n) is 36.8. The molecular weight excluding hydrogens is 813 g/mol. The van der Waals surface area contributed by atoms with E-state index in [1.54, 1.807) is 0 Å². The molecule has 15 nitrogen and oxygen atoms in total. The summed E-state index contributed by atoms with van der Waals surface area (Å²) in [6, 6.07) is 19.5. The second-order valence-electron chi connectivity index (χ2n) is 19.1. The van der Waals surface area contributed by atoms with Crippen molar-refractivity contribution in [2.75, 3.05) is 7.11 Å². The van der Waals surface area contributed by atoms with Gasteiger partial charge in [-0.25, -0.2) is 19.6 Å². The molecule has 2 unspecified atom stereocenters. The normalized spacial score (nSPS) is 27.8. The van der Waals surface area contributed by atoms with Crippen LogP contribution in [0, 0.1) is 23.7 Å². The number of H-pyrrole nitrogens is 2. The lowest BCUT2D eigenvalue weighted by molar-refractivity contribution is -0.140. The zero-order valence-corrected chi connectivity index (χ0v) is 36.8. The number of aromatic nitrogens is 4. The van der Waals surface area contributed by atoms with E-state index >= 15 is 0 Å². The molecule has 2 aliphatic carbocycles. The number of alkyl carbamates (subject to hydrolysis) is 1. The Kier molecular flexibility index (Phi) is 10.7. The number of carbonyl (C=O) groups is 4. The summed E-state index contributed by atoms with van der Waals surface area (Å²) in [7, 11) is 1.32. The van der Waals surface area contributed by atoms with Crippen molar-refractivity contribution in [3.63, 3.8) is 0 Å². The highest BCUT2D eigenvalue weighted by Gasteiger charge is 2.58. The molecule has 0 bridgehead atoms. The highest BCUT2D eigenvalue weighted by Crippen LogP contribution is 2.55. The van der Waals surface area contributed by atoms with E-state index in [0.717, 1.165) is 81.7 Å². The lowest BCUT2D eigenvalue weighted by Crippen LogP contribution is -2.55. The van der Waals surface area contributed by atoms with Crippen LogP contribution in [0.15, 0.2) is 73.1 Å². The van der Waals surface area contributed by atoms with E-state index in [4.69, 9.17) is 19.4 Å². The lowest BCUT2D eigenvalue weighted by atomic mass is 9.85. The number of aromatic amines is 2. The number of rotatable bonds is 11. The van der Waals surface area contributed by atoms with E-state index in [0.29, 0.717) is 24.7 Å². The molecule has 64 heavy (non-hydrogen) atoms. The van der Waals surface area contributed by atoms with Crippen molar-refractivity contribution >= 4 is 34.8 Å². The van der Waals surface area contributed by atoms with Crippen LogP contribution in [0.25, 0.3) is 44.4 Å². The number of nitrogens with zero attached hydrogens (tertiary/aromatic N) is 4. The van der Waals surface area contributed by atoms with Gasteiger partial charge in [-0.3, -0.25) is 9.59 Å². The second-order valence-corrected chi connectivity index (χ2v) is 19.1. The van der Waals surface area contributed by atoms with Crippen LogP contribution in [0.1, 0.15) is 90.0 Å². The van der Waals surface area contributed by atoms with Gasteiger partial charge in [-0.1, -0.05) is 62.4 Å². The van der Waals surface area contributed by atoms with Gasteiger partial charge < -0.3 is 45.0 Å². The van der Waals surface area contributed by atoms with Crippen molar-refractivity contribution in [2.24, 2.45) is 23.7 Å². The van der Waals surface area contributed by atoms with Crippen molar-refractivity contribution in [1.29, 1.82) is 0 Å². The number of imidazole rings is 2. The topological polar surface area (TPSA) is 195 Å². The van der Waals surface area contributed by atoms with Crippen LogP contribution in [-0.4, -0.2) is 102 Å². The molecule has 3 aromatic carbocycles. The summed E-state index contributed by atoms with van der Waals surface area (Å²) in [5, 5.41) is 16.9. The van der Waals surface area contributed by atoms with Crippen molar-refractivity contribution < 1.29 is 33.8 Å². The minimum atomic E-state index is -1.20. The molecular formula is C49H56N8O7. The first kappa shape index (κ1) is 41.8. The summed E-state index contributed by atoms with van der Waals surface area (Å²) in [4.78, 5) is 72.6. The number of nitrogens with one attached hydrogen (secondary N) is 4. The molecule has 4 amide bonds. The largest absolute Gasteiger partial charge is 0.465 e. The van der Waals surface area contributed by atoms with E-state index in [1.807, 2.05) is 49.9 Å². The van der Waals surface area contributed by atoms with Gasteiger partial charge in [0.1, 0.15) is 23.7 Å². The minimum absolute atomic E-state index is 0.0128. The predicted octanol–water partition coefficient (Wildman–Crippen LogP) is 7.83. The third kappa shape index (κ3) is 7.88. The second kappa shape index (κ2) is 16.4. The van der Waals surface area contributed by atoms with Crippen LogP contribution in [0.4, 0.5) is 9.59 Å². The standard InChI is InChI=1S/C49H56N8O7/c1-24(2)42(54-48(60)61)46(58)56-38-18-33(38)20-40(56)44-50-22-36(52-44)28-8-6-27(7-9-28)29-10-11-31-17-32(13-12-30(31)16-29)37-23-51-45(53-37)41-21-34-19-39(34)57(41)47(59)43(55-49(62)63-5)35-14-25(3)64-26(4)15-35/h6-13,16-17,22-26,33-35,38-43,54H,14-15,18-21H2,1-5H3,(H,50,52)(H,51,53)(H,55,62)(H,60,61)/t25-,26+,33-,34+,35?,38-,39-,40+,41+,42+,43?/m1/s1. The highest BCUT2D eigenvalue weighted by atomic mass is 16.5. The Morgan fingerprint density at radius 3 is 1.78 bits per heavy atom. The molecule has 5 aromatic rings. The van der Waals surface area contributed by atoms with Gasteiger partial charge in [-0.05, 0) is 116 Å². The van der Waals surface area contributed by atoms with Gasteiger partial charge in [0.15, 0.2) is 0 Å². The Bertz CT molecular complexity index is 2600. The van der Waals surface area contributed by atoms with Crippen molar-refractivity contribution in [2.45, 2.75) is 115 Å². The lowest BCUT2D eigenvalue weighted by Gasteiger charge is -2.38. The molecule has 5 N–H and O–H groups in total.